The highest BCUT2D eigenvalue weighted by Crippen LogP contribution is 2.32. The summed E-state index contributed by atoms with van der Waals surface area (Å²) in [6, 6.07) is 0.725. The van der Waals surface area contributed by atoms with E-state index in [2.05, 4.69) is 16.8 Å². The molecule has 3 atom stereocenters. The van der Waals surface area contributed by atoms with Crippen molar-refractivity contribution in [2.24, 2.45) is 11.3 Å². The second-order valence-corrected chi connectivity index (χ2v) is 6.69. The monoisotopic (exact) mass is 268 g/mol. The normalized spacial score (nSPS) is 32.6. The van der Waals surface area contributed by atoms with Gasteiger partial charge in [0.1, 0.15) is 0 Å². The van der Waals surface area contributed by atoms with Crippen molar-refractivity contribution < 1.29 is 9.90 Å². The van der Waals surface area contributed by atoms with Crippen LogP contribution in [0.4, 0.5) is 0 Å². The van der Waals surface area contributed by atoms with Gasteiger partial charge in [-0.25, -0.2) is 0 Å². The first-order valence-corrected chi connectivity index (χ1v) is 7.62. The van der Waals surface area contributed by atoms with Crippen molar-refractivity contribution in [2.45, 2.75) is 45.6 Å². The molecule has 2 aliphatic rings. The summed E-state index contributed by atoms with van der Waals surface area (Å²) in [5, 5.41) is 9.40. The zero-order valence-electron chi connectivity index (χ0n) is 12.6. The summed E-state index contributed by atoms with van der Waals surface area (Å²) >= 11 is 0. The van der Waals surface area contributed by atoms with Gasteiger partial charge < -0.3 is 14.9 Å². The van der Waals surface area contributed by atoms with Crippen LogP contribution < -0.4 is 0 Å². The van der Waals surface area contributed by atoms with Gasteiger partial charge in [0.05, 0.1) is 5.41 Å². The number of aliphatic carboxylic acids is 1. The van der Waals surface area contributed by atoms with E-state index in [9.17, 15) is 9.90 Å². The minimum absolute atomic E-state index is 0.590. The predicted octanol–water partition coefficient (Wildman–Crippen LogP) is 1.90. The second kappa shape index (κ2) is 5.80. The molecule has 0 aliphatic carbocycles. The van der Waals surface area contributed by atoms with E-state index in [1.165, 1.54) is 25.8 Å². The Hall–Kier alpha value is -0.610. The predicted molar refractivity (Wildman–Crippen MR) is 76.2 cm³/mol. The van der Waals surface area contributed by atoms with Crippen LogP contribution in [0.5, 0.6) is 0 Å². The summed E-state index contributed by atoms with van der Waals surface area (Å²) in [4.78, 5) is 16.3. The van der Waals surface area contributed by atoms with E-state index >= 15 is 0 Å². The zero-order chi connectivity index (χ0) is 14.0. The maximum absolute atomic E-state index is 11.4. The molecular formula is C15H28N2O2. The fraction of sp³-hybridized carbons (Fsp3) is 0.933. The molecule has 2 saturated heterocycles. The van der Waals surface area contributed by atoms with Gasteiger partial charge in [-0.05, 0) is 58.7 Å². The van der Waals surface area contributed by atoms with Crippen molar-refractivity contribution in [1.82, 2.24) is 9.80 Å². The number of fused-ring (bicyclic) bond motifs is 1. The third-order valence-electron chi connectivity index (χ3n) is 5.30. The van der Waals surface area contributed by atoms with E-state index in [1.807, 2.05) is 13.8 Å². The summed E-state index contributed by atoms with van der Waals surface area (Å²) in [6.45, 7) is 7.92. The fourth-order valence-electron chi connectivity index (χ4n) is 3.70. The van der Waals surface area contributed by atoms with E-state index in [1.54, 1.807) is 0 Å². The Morgan fingerprint density at radius 3 is 2.74 bits per heavy atom. The van der Waals surface area contributed by atoms with Crippen LogP contribution in [0.15, 0.2) is 0 Å². The van der Waals surface area contributed by atoms with E-state index in [-0.39, 0.29) is 0 Å². The number of rotatable bonds is 4. The van der Waals surface area contributed by atoms with Gasteiger partial charge in [0.25, 0.3) is 0 Å². The molecule has 4 heteroatoms. The van der Waals surface area contributed by atoms with Crippen LogP contribution in [-0.4, -0.2) is 60.1 Å². The molecular weight excluding hydrogens is 240 g/mol. The van der Waals surface area contributed by atoms with Crippen LogP contribution in [0, 0.1) is 11.3 Å². The standard InChI is InChI=1S/C15H28N2O2/c1-4-15(2,14(18)19)11-17-9-7-13-12(10-17)6-5-8-16(13)3/h12-13H,4-11H2,1-3H3,(H,18,19). The van der Waals surface area contributed by atoms with Crippen molar-refractivity contribution >= 4 is 5.97 Å². The topological polar surface area (TPSA) is 43.8 Å². The van der Waals surface area contributed by atoms with E-state index in [4.69, 9.17) is 0 Å². The van der Waals surface area contributed by atoms with Crippen LogP contribution in [0.2, 0.25) is 0 Å². The minimum Gasteiger partial charge on any atom is -0.481 e. The molecule has 19 heavy (non-hydrogen) atoms. The molecule has 2 rings (SSSR count). The van der Waals surface area contributed by atoms with Crippen molar-refractivity contribution in [2.75, 3.05) is 33.2 Å². The summed E-state index contributed by atoms with van der Waals surface area (Å²) in [5.74, 6) is 0.0836. The van der Waals surface area contributed by atoms with Crippen molar-refractivity contribution in [3.05, 3.63) is 0 Å². The highest BCUT2D eigenvalue weighted by atomic mass is 16.4. The number of carboxylic acids is 1. The van der Waals surface area contributed by atoms with E-state index in [0.717, 1.165) is 25.0 Å². The number of piperidine rings is 2. The molecule has 1 N–H and O–H groups in total. The summed E-state index contributed by atoms with van der Waals surface area (Å²) in [7, 11) is 2.24. The average Bonchev–Trinajstić information content (AvgIpc) is 2.38. The van der Waals surface area contributed by atoms with Crippen molar-refractivity contribution in [1.29, 1.82) is 0 Å². The molecule has 2 fully saturated rings. The second-order valence-electron chi connectivity index (χ2n) is 6.69. The maximum atomic E-state index is 11.4. The zero-order valence-corrected chi connectivity index (χ0v) is 12.6. The number of hydrogen-bond acceptors (Lipinski definition) is 3. The molecule has 0 aromatic rings. The number of nitrogens with zero attached hydrogens (tertiary/aromatic N) is 2. The van der Waals surface area contributed by atoms with E-state index in [0.29, 0.717) is 13.0 Å². The maximum Gasteiger partial charge on any atom is 0.310 e. The molecule has 2 aliphatic heterocycles. The lowest BCUT2D eigenvalue weighted by Crippen LogP contribution is -2.54. The first kappa shape index (κ1) is 14.8. The molecule has 0 spiro atoms. The van der Waals surface area contributed by atoms with Gasteiger partial charge in [0, 0.05) is 19.1 Å². The lowest BCUT2D eigenvalue weighted by molar-refractivity contribution is -0.149. The molecule has 0 saturated carbocycles. The van der Waals surface area contributed by atoms with Gasteiger partial charge in [-0.1, -0.05) is 6.92 Å². The molecule has 0 bridgehead atoms. The molecule has 110 valence electrons. The Balaban J connectivity index is 1.95. The highest BCUT2D eigenvalue weighted by molar-refractivity contribution is 5.74. The molecule has 4 nitrogen and oxygen atoms in total. The number of carbonyl (C=O) groups is 1. The Morgan fingerprint density at radius 1 is 1.37 bits per heavy atom. The molecule has 0 amide bonds. The van der Waals surface area contributed by atoms with Crippen LogP contribution in [0.1, 0.15) is 39.5 Å². The van der Waals surface area contributed by atoms with Gasteiger partial charge in [-0.15, -0.1) is 0 Å². The Morgan fingerprint density at radius 2 is 2.11 bits per heavy atom. The van der Waals surface area contributed by atoms with Gasteiger partial charge in [-0.3, -0.25) is 4.79 Å². The van der Waals surface area contributed by atoms with Crippen LogP contribution in [0.25, 0.3) is 0 Å². The Kier molecular flexibility index (Phi) is 4.51. The lowest BCUT2D eigenvalue weighted by Gasteiger charge is -2.47. The average molecular weight is 268 g/mol. The summed E-state index contributed by atoms with van der Waals surface area (Å²) in [6.07, 6.45) is 4.49. The van der Waals surface area contributed by atoms with Gasteiger partial charge in [-0.2, -0.15) is 0 Å². The molecule has 0 radical (unpaired) electrons. The molecule has 0 aromatic carbocycles. The highest BCUT2D eigenvalue weighted by Gasteiger charge is 2.38. The Bertz CT molecular complexity index is 334. The minimum atomic E-state index is -0.655. The SMILES string of the molecule is CCC(C)(CN1CCC2C(CCCN2C)C1)C(=O)O. The van der Waals surface area contributed by atoms with E-state index < -0.39 is 11.4 Å². The molecule has 3 unspecified atom stereocenters. The third kappa shape index (κ3) is 3.11. The fourth-order valence-corrected chi connectivity index (χ4v) is 3.70. The van der Waals surface area contributed by atoms with Crippen LogP contribution >= 0.6 is 0 Å². The smallest absolute Gasteiger partial charge is 0.310 e. The first-order chi connectivity index (χ1) is 8.96. The molecule has 2 heterocycles. The van der Waals surface area contributed by atoms with Crippen molar-refractivity contribution in [3.8, 4) is 0 Å². The lowest BCUT2D eigenvalue weighted by atomic mass is 9.81. The van der Waals surface area contributed by atoms with Gasteiger partial charge in [0.15, 0.2) is 0 Å². The van der Waals surface area contributed by atoms with Crippen molar-refractivity contribution in [3.63, 3.8) is 0 Å². The summed E-state index contributed by atoms with van der Waals surface area (Å²) in [5.41, 5.74) is -0.590. The number of hydrogen-bond donors (Lipinski definition) is 1. The largest absolute Gasteiger partial charge is 0.481 e. The summed E-state index contributed by atoms with van der Waals surface area (Å²) < 4.78 is 0. The quantitative estimate of drug-likeness (QED) is 0.846. The number of carboxylic acid groups (broad SMARTS) is 1. The first-order valence-electron chi connectivity index (χ1n) is 7.62. The van der Waals surface area contributed by atoms with Gasteiger partial charge >= 0.3 is 5.97 Å². The Labute approximate surface area is 116 Å². The molecule has 0 aromatic heterocycles. The van der Waals surface area contributed by atoms with Crippen LogP contribution in [0.3, 0.4) is 0 Å². The third-order valence-corrected chi connectivity index (χ3v) is 5.30. The number of likely N-dealkylation sites (tertiary alicyclic amines) is 2. The van der Waals surface area contributed by atoms with Crippen LogP contribution in [-0.2, 0) is 4.79 Å². The van der Waals surface area contributed by atoms with Gasteiger partial charge in [0.2, 0.25) is 0 Å².